The third-order valence-corrected chi connectivity index (χ3v) is 3.70. The number of hydrogen-bond acceptors (Lipinski definition) is 5. The number of nitrogens with zero attached hydrogens (tertiary/aromatic N) is 1. The first kappa shape index (κ1) is 15.1. The largest absolute Gasteiger partial charge is 0.490 e. The lowest BCUT2D eigenvalue weighted by molar-refractivity contribution is -0.120. The van der Waals surface area contributed by atoms with Crippen LogP contribution in [0.15, 0.2) is 41.0 Å². The zero-order chi connectivity index (χ0) is 16.2. The Kier molecular flexibility index (Phi) is 4.32. The molecule has 2 heterocycles. The predicted molar refractivity (Wildman–Crippen MR) is 84.7 cm³/mol. The Balaban J connectivity index is 1.68. The standard InChI is InChI=1S/C17H18N2O4/c1-12(20)13-4-5-16-15(9-13)19(6-8-23-16)11-17(21)18-10-14-3-2-7-22-14/h2-5,7,9H,6,8,10-11H2,1H3,(H,18,21). The molecule has 0 fully saturated rings. The van der Waals surface area contributed by atoms with Crippen LogP contribution >= 0.6 is 0 Å². The average Bonchev–Trinajstić information content (AvgIpc) is 3.06. The maximum atomic E-state index is 12.1. The SMILES string of the molecule is CC(=O)c1ccc2c(c1)N(CC(=O)NCc1ccco1)CCO2. The highest BCUT2D eigenvalue weighted by atomic mass is 16.5. The zero-order valence-corrected chi connectivity index (χ0v) is 12.9. The van der Waals surface area contributed by atoms with E-state index in [1.165, 1.54) is 6.92 Å². The summed E-state index contributed by atoms with van der Waals surface area (Å²) in [4.78, 5) is 25.6. The van der Waals surface area contributed by atoms with Gasteiger partial charge in [0.05, 0.1) is 31.6 Å². The van der Waals surface area contributed by atoms with Gasteiger partial charge in [0.15, 0.2) is 5.78 Å². The maximum absolute atomic E-state index is 12.1. The number of carbonyl (C=O) groups is 2. The van der Waals surface area contributed by atoms with Crippen LogP contribution in [0.2, 0.25) is 0 Å². The molecule has 3 rings (SSSR count). The maximum Gasteiger partial charge on any atom is 0.239 e. The average molecular weight is 314 g/mol. The second-order valence-corrected chi connectivity index (χ2v) is 5.36. The molecular formula is C17H18N2O4. The summed E-state index contributed by atoms with van der Waals surface area (Å²) in [5.41, 5.74) is 1.38. The molecule has 0 spiro atoms. The summed E-state index contributed by atoms with van der Waals surface area (Å²) in [6.45, 7) is 3.20. The second-order valence-electron chi connectivity index (χ2n) is 5.36. The van der Waals surface area contributed by atoms with Crippen LogP contribution in [-0.4, -0.2) is 31.4 Å². The summed E-state index contributed by atoms with van der Waals surface area (Å²) < 4.78 is 10.8. The van der Waals surface area contributed by atoms with Crippen LogP contribution in [0.3, 0.4) is 0 Å². The van der Waals surface area contributed by atoms with E-state index in [1.807, 2.05) is 11.0 Å². The van der Waals surface area contributed by atoms with E-state index in [4.69, 9.17) is 9.15 Å². The predicted octanol–water partition coefficient (Wildman–Crippen LogP) is 2.00. The quantitative estimate of drug-likeness (QED) is 0.855. The van der Waals surface area contributed by atoms with Gasteiger partial charge >= 0.3 is 0 Å². The fourth-order valence-corrected chi connectivity index (χ4v) is 2.48. The van der Waals surface area contributed by atoms with Gasteiger partial charge < -0.3 is 19.4 Å². The Bertz CT molecular complexity index is 709. The summed E-state index contributed by atoms with van der Waals surface area (Å²) in [7, 11) is 0. The highest BCUT2D eigenvalue weighted by Gasteiger charge is 2.21. The molecule has 1 aromatic heterocycles. The van der Waals surface area contributed by atoms with Crippen molar-refractivity contribution in [3.8, 4) is 5.75 Å². The number of benzene rings is 1. The van der Waals surface area contributed by atoms with Crippen molar-refractivity contribution in [2.45, 2.75) is 13.5 Å². The lowest BCUT2D eigenvalue weighted by Gasteiger charge is -2.31. The van der Waals surface area contributed by atoms with Gasteiger partial charge in [-0.05, 0) is 37.3 Å². The molecule has 0 saturated carbocycles. The number of carbonyl (C=O) groups excluding carboxylic acids is 2. The van der Waals surface area contributed by atoms with E-state index in [0.717, 1.165) is 5.69 Å². The van der Waals surface area contributed by atoms with Crippen LogP contribution in [0.5, 0.6) is 5.75 Å². The van der Waals surface area contributed by atoms with Crippen LogP contribution in [0.1, 0.15) is 23.0 Å². The monoisotopic (exact) mass is 314 g/mol. The van der Waals surface area contributed by atoms with Gasteiger partial charge in [0.2, 0.25) is 5.91 Å². The number of hydrogen-bond donors (Lipinski definition) is 1. The summed E-state index contributed by atoms with van der Waals surface area (Å²) >= 11 is 0. The van der Waals surface area contributed by atoms with Gasteiger partial charge in [-0.25, -0.2) is 0 Å². The van der Waals surface area contributed by atoms with Gasteiger partial charge in [0.25, 0.3) is 0 Å². The van der Waals surface area contributed by atoms with Gasteiger partial charge in [-0.3, -0.25) is 9.59 Å². The molecule has 1 aliphatic heterocycles. The highest BCUT2D eigenvalue weighted by Crippen LogP contribution is 2.32. The van der Waals surface area contributed by atoms with E-state index in [9.17, 15) is 9.59 Å². The molecule has 1 amide bonds. The van der Waals surface area contributed by atoms with Crippen molar-refractivity contribution in [1.29, 1.82) is 0 Å². The van der Waals surface area contributed by atoms with Crippen LogP contribution in [0.25, 0.3) is 0 Å². The number of Topliss-reactive ketones (excluding diaryl/α,β-unsaturated/α-hetero) is 1. The Hall–Kier alpha value is -2.76. The number of furan rings is 1. The molecular weight excluding hydrogens is 296 g/mol. The zero-order valence-electron chi connectivity index (χ0n) is 12.9. The fraction of sp³-hybridized carbons (Fsp3) is 0.294. The van der Waals surface area contributed by atoms with Crippen molar-refractivity contribution >= 4 is 17.4 Å². The minimum absolute atomic E-state index is 0.0133. The fourth-order valence-electron chi connectivity index (χ4n) is 2.48. The van der Waals surface area contributed by atoms with Crippen molar-refractivity contribution in [3.63, 3.8) is 0 Å². The third kappa shape index (κ3) is 3.53. The molecule has 0 radical (unpaired) electrons. The first-order valence-electron chi connectivity index (χ1n) is 7.45. The van der Waals surface area contributed by atoms with E-state index < -0.39 is 0 Å². The van der Waals surface area contributed by atoms with Crippen molar-refractivity contribution in [3.05, 3.63) is 47.9 Å². The molecule has 6 nitrogen and oxygen atoms in total. The minimum Gasteiger partial charge on any atom is -0.490 e. The Morgan fingerprint density at radius 3 is 2.91 bits per heavy atom. The third-order valence-electron chi connectivity index (χ3n) is 3.70. The number of rotatable bonds is 5. The van der Waals surface area contributed by atoms with Crippen molar-refractivity contribution in [2.75, 3.05) is 24.6 Å². The lowest BCUT2D eigenvalue weighted by atomic mass is 10.1. The number of ether oxygens (including phenoxy) is 1. The molecule has 0 unspecified atom stereocenters. The number of fused-ring (bicyclic) bond motifs is 1. The van der Waals surface area contributed by atoms with E-state index in [-0.39, 0.29) is 18.2 Å². The van der Waals surface area contributed by atoms with Crippen LogP contribution in [-0.2, 0) is 11.3 Å². The van der Waals surface area contributed by atoms with Gasteiger partial charge in [-0.1, -0.05) is 0 Å². The molecule has 0 bridgehead atoms. The van der Waals surface area contributed by atoms with E-state index in [2.05, 4.69) is 5.32 Å². The summed E-state index contributed by atoms with van der Waals surface area (Å²) in [6, 6.07) is 8.88. The normalized spacial score (nSPS) is 13.2. The second kappa shape index (κ2) is 6.56. The van der Waals surface area contributed by atoms with Gasteiger partial charge in [-0.15, -0.1) is 0 Å². The number of ketones is 1. The minimum atomic E-state index is -0.109. The van der Waals surface area contributed by atoms with Gasteiger partial charge in [-0.2, -0.15) is 0 Å². The molecule has 0 atom stereocenters. The van der Waals surface area contributed by atoms with Crippen LogP contribution < -0.4 is 15.0 Å². The van der Waals surface area contributed by atoms with Crippen LogP contribution in [0, 0.1) is 0 Å². The summed E-state index contributed by atoms with van der Waals surface area (Å²) in [5.74, 6) is 1.28. The first-order chi connectivity index (χ1) is 11.1. The number of amides is 1. The highest BCUT2D eigenvalue weighted by molar-refractivity contribution is 5.96. The molecule has 0 aliphatic carbocycles. The Morgan fingerprint density at radius 2 is 2.17 bits per heavy atom. The molecule has 1 N–H and O–H groups in total. The van der Waals surface area contributed by atoms with E-state index in [1.54, 1.807) is 30.5 Å². The van der Waals surface area contributed by atoms with Crippen molar-refractivity contribution < 1.29 is 18.7 Å². The molecule has 120 valence electrons. The lowest BCUT2D eigenvalue weighted by Crippen LogP contribution is -2.41. The number of nitrogens with one attached hydrogen (secondary N) is 1. The molecule has 2 aromatic rings. The van der Waals surface area contributed by atoms with Crippen LogP contribution in [0.4, 0.5) is 5.69 Å². The smallest absolute Gasteiger partial charge is 0.239 e. The van der Waals surface area contributed by atoms with Gasteiger partial charge in [0, 0.05) is 5.56 Å². The molecule has 23 heavy (non-hydrogen) atoms. The molecule has 1 aliphatic rings. The Labute approximate surface area is 134 Å². The topological polar surface area (TPSA) is 71.8 Å². The molecule has 1 aromatic carbocycles. The molecule has 0 saturated heterocycles. The molecule has 6 heteroatoms. The van der Waals surface area contributed by atoms with Gasteiger partial charge in [0.1, 0.15) is 18.1 Å². The van der Waals surface area contributed by atoms with E-state index >= 15 is 0 Å². The number of anilines is 1. The van der Waals surface area contributed by atoms with E-state index in [0.29, 0.717) is 36.8 Å². The first-order valence-corrected chi connectivity index (χ1v) is 7.45. The van der Waals surface area contributed by atoms with Crippen molar-refractivity contribution in [2.24, 2.45) is 0 Å². The van der Waals surface area contributed by atoms with Crippen molar-refractivity contribution in [1.82, 2.24) is 5.32 Å². The Morgan fingerprint density at radius 1 is 1.30 bits per heavy atom. The summed E-state index contributed by atoms with van der Waals surface area (Å²) in [5, 5.41) is 2.82. The summed E-state index contributed by atoms with van der Waals surface area (Å²) in [6.07, 6.45) is 1.57.